The smallest absolute Gasteiger partial charge is 0.306 e. The quantitative estimate of drug-likeness (QED) is 0.0461. The van der Waals surface area contributed by atoms with E-state index in [9.17, 15) is 4.79 Å². The molecule has 0 amide bonds. The summed E-state index contributed by atoms with van der Waals surface area (Å²) in [6.45, 7) is 15.7. The Kier molecular flexibility index (Phi) is 47.9. The van der Waals surface area contributed by atoms with Crippen molar-refractivity contribution in [3.05, 3.63) is 0 Å². The number of nitrogens with zero attached hydrogens (tertiary/aromatic N) is 2. The van der Waals surface area contributed by atoms with Gasteiger partial charge in [0.15, 0.2) is 0 Å². The predicted molar refractivity (Wildman–Crippen MR) is 235 cm³/mol. The summed E-state index contributed by atoms with van der Waals surface area (Å²) in [7, 11) is 4.38. The number of ether oxygens (including phenoxy) is 1. The van der Waals surface area contributed by atoms with Crippen LogP contribution in [-0.4, -0.2) is 62.1 Å². The van der Waals surface area contributed by atoms with Crippen molar-refractivity contribution in [2.75, 3.05) is 40.3 Å². The van der Waals surface area contributed by atoms with Gasteiger partial charge in [0.25, 0.3) is 0 Å². The maximum atomic E-state index is 12.9. The van der Waals surface area contributed by atoms with Crippen molar-refractivity contribution in [2.45, 2.75) is 265 Å². The van der Waals surface area contributed by atoms with Gasteiger partial charge < -0.3 is 14.5 Å². The van der Waals surface area contributed by atoms with Gasteiger partial charge >= 0.3 is 5.97 Å². The molecule has 0 saturated heterocycles. The first-order chi connectivity index (χ1) is 25.5. The summed E-state index contributed by atoms with van der Waals surface area (Å²) < 4.78 is 6.15. The molecule has 52 heavy (non-hydrogen) atoms. The van der Waals surface area contributed by atoms with Gasteiger partial charge in [0.2, 0.25) is 0 Å². The molecule has 0 fully saturated rings. The average Bonchev–Trinajstić information content (AvgIpc) is 3.14. The monoisotopic (exact) mass is 737 g/mol. The number of carbonyl (C=O) groups excluding carboxylic acids is 1. The molecule has 0 heterocycles. The third-order valence-electron chi connectivity index (χ3n) is 10.9. The lowest BCUT2D eigenvalue weighted by Gasteiger charge is -2.24. The topological polar surface area (TPSA) is 32.8 Å². The van der Waals surface area contributed by atoms with E-state index in [0.29, 0.717) is 6.42 Å². The van der Waals surface area contributed by atoms with E-state index in [2.05, 4.69) is 44.7 Å². The van der Waals surface area contributed by atoms with Crippen LogP contribution in [0.1, 0.15) is 259 Å². The van der Waals surface area contributed by atoms with Crippen molar-refractivity contribution in [1.29, 1.82) is 0 Å². The van der Waals surface area contributed by atoms with E-state index < -0.39 is 0 Å². The Morgan fingerprint density at radius 2 is 0.712 bits per heavy atom. The number of hydrogen-bond acceptors (Lipinski definition) is 4. The zero-order chi connectivity index (χ0) is 38.6. The van der Waals surface area contributed by atoms with Crippen LogP contribution in [0, 0.1) is 0 Å². The summed E-state index contributed by atoms with van der Waals surface area (Å²) in [6, 6.07) is 0. The Bertz CT molecular complexity index is 630. The maximum Gasteiger partial charge on any atom is 0.306 e. The molecule has 0 rings (SSSR count). The lowest BCUT2D eigenvalue weighted by molar-refractivity contribution is -0.150. The van der Waals surface area contributed by atoms with Gasteiger partial charge in [-0.3, -0.25) is 4.79 Å². The van der Waals surface area contributed by atoms with E-state index in [0.717, 1.165) is 32.2 Å². The Labute approximate surface area is 330 Å². The Balaban J connectivity index is 0. The van der Waals surface area contributed by atoms with Crippen molar-refractivity contribution >= 4 is 5.97 Å². The van der Waals surface area contributed by atoms with Crippen LogP contribution < -0.4 is 0 Å². The summed E-state index contributed by atoms with van der Waals surface area (Å²) in [5, 5.41) is 0. The van der Waals surface area contributed by atoms with Crippen LogP contribution in [0.15, 0.2) is 0 Å². The molecule has 0 unspecified atom stereocenters. The van der Waals surface area contributed by atoms with E-state index >= 15 is 0 Å². The third-order valence-corrected chi connectivity index (χ3v) is 10.9. The van der Waals surface area contributed by atoms with Gasteiger partial charge in [0.1, 0.15) is 6.10 Å². The van der Waals surface area contributed by atoms with Crippen LogP contribution in [0.5, 0.6) is 0 Å². The second-order valence-corrected chi connectivity index (χ2v) is 16.3. The third kappa shape index (κ3) is 43.8. The Morgan fingerprint density at radius 3 is 1.06 bits per heavy atom. The molecular weight excluding hydrogens is 637 g/mol. The molecule has 0 aromatic carbocycles. The second kappa shape index (κ2) is 46.5. The average molecular weight is 737 g/mol. The van der Waals surface area contributed by atoms with E-state index in [1.54, 1.807) is 0 Å². The molecule has 314 valence electrons. The zero-order valence-corrected chi connectivity index (χ0v) is 37.4. The first kappa shape index (κ1) is 53.5. The summed E-state index contributed by atoms with van der Waals surface area (Å²) in [6.07, 6.45) is 45.8. The summed E-state index contributed by atoms with van der Waals surface area (Å²) in [5.41, 5.74) is 0. The van der Waals surface area contributed by atoms with Gasteiger partial charge in [0, 0.05) is 19.5 Å². The first-order valence-corrected chi connectivity index (χ1v) is 24.1. The predicted octanol–water partition coefficient (Wildman–Crippen LogP) is 15.5. The Hall–Kier alpha value is -0.610. The molecule has 0 spiro atoms. The van der Waals surface area contributed by atoms with Gasteiger partial charge in [-0.1, -0.05) is 208 Å². The molecule has 0 saturated carbocycles. The fourth-order valence-electron chi connectivity index (χ4n) is 7.33. The highest BCUT2D eigenvalue weighted by Gasteiger charge is 2.14. The molecule has 0 aromatic rings. The minimum absolute atomic E-state index is 0.0683. The number of likely N-dealkylation sites (N-methyl/N-ethyl adjacent to an activating group) is 1. The minimum Gasteiger partial charge on any atom is -0.462 e. The van der Waals surface area contributed by atoms with Gasteiger partial charge in [0.05, 0.1) is 0 Å². The van der Waals surface area contributed by atoms with E-state index in [4.69, 9.17) is 4.74 Å². The number of unbranched alkanes of at least 4 members (excludes halogenated alkanes) is 28. The minimum atomic E-state index is 0.0683. The fourth-order valence-corrected chi connectivity index (χ4v) is 7.33. The van der Waals surface area contributed by atoms with E-state index in [1.165, 1.54) is 212 Å². The van der Waals surface area contributed by atoms with Crippen molar-refractivity contribution in [1.82, 2.24) is 9.80 Å². The van der Waals surface area contributed by atoms with Gasteiger partial charge in [-0.2, -0.15) is 0 Å². The molecule has 0 atom stereocenters. The highest BCUT2D eigenvalue weighted by atomic mass is 16.5. The van der Waals surface area contributed by atoms with E-state index in [1.807, 2.05) is 13.8 Å². The fraction of sp³-hybridized carbons (Fsp3) is 0.979. The highest BCUT2D eigenvalue weighted by Crippen LogP contribution is 2.19. The number of hydrogen-bond donors (Lipinski definition) is 0. The van der Waals surface area contributed by atoms with Crippen molar-refractivity contribution < 1.29 is 9.53 Å². The molecule has 0 bridgehead atoms. The Morgan fingerprint density at radius 1 is 0.404 bits per heavy atom. The number of carbonyl (C=O) groups is 1. The van der Waals surface area contributed by atoms with E-state index in [-0.39, 0.29) is 12.1 Å². The van der Waals surface area contributed by atoms with Crippen molar-refractivity contribution in [2.24, 2.45) is 0 Å². The molecular formula is C48H100N2O2. The van der Waals surface area contributed by atoms with Gasteiger partial charge in [-0.15, -0.1) is 0 Å². The first-order valence-electron chi connectivity index (χ1n) is 24.1. The molecule has 4 nitrogen and oxygen atoms in total. The lowest BCUT2D eigenvalue weighted by Crippen LogP contribution is -2.33. The second-order valence-electron chi connectivity index (χ2n) is 16.3. The van der Waals surface area contributed by atoms with Crippen LogP contribution in [0.4, 0.5) is 0 Å². The van der Waals surface area contributed by atoms with Crippen molar-refractivity contribution in [3.8, 4) is 0 Å². The SMILES string of the molecule is CC.CCCCCCCCCCCCC(CCCCCCCCCCCC)OC(=O)CCCCCCCN(CCCCCCCCC)CCN(C)C. The van der Waals surface area contributed by atoms with Crippen LogP contribution in [0.3, 0.4) is 0 Å². The molecule has 0 aliphatic rings. The van der Waals surface area contributed by atoms with Crippen LogP contribution in [0.2, 0.25) is 0 Å². The molecule has 0 radical (unpaired) electrons. The highest BCUT2D eigenvalue weighted by molar-refractivity contribution is 5.69. The van der Waals surface area contributed by atoms with Gasteiger partial charge in [-0.05, 0) is 72.1 Å². The van der Waals surface area contributed by atoms with Crippen molar-refractivity contribution in [3.63, 3.8) is 0 Å². The molecule has 0 aliphatic heterocycles. The molecule has 4 heteroatoms. The van der Waals surface area contributed by atoms with Gasteiger partial charge in [-0.25, -0.2) is 0 Å². The van der Waals surface area contributed by atoms with Crippen LogP contribution in [-0.2, 0) is 9.53 Å². The van der Waals surface area contributed by atoms with Crippen LogP contribution in [0.25, 0.3) is 0 Å². The molecule has 0 aliphatic carbocycles. The standard InChI is InChI=1S/C46H94N2O2.C2H6/c1-6-9-12-15-18-20-22-24-28-33-38-45(39-34-29-25-23-21-19-16-13-10-7-2)50-46(49)40-35-30-27-32-37-42-48(44-43-47(4)5)41-36-31-26-17-14-11-8-3;1-2/h45H,6-44H2,1-5H3;1-2H3. The largest absolute Gasteiger partial charge is 0.462 e. The number of rotatable bonds is 42. The maximum absolute atomic E-state index is 12.9. The lowest BCUT2D eigenvalue weighted by atomic mass is 10.0. The van der Waals surface area contributed by atoms with Crippen LogP contribution >= 0.6 is 0 Å². The molecule has 0 aromatic heterocycles. The summed E-state index contributed by atoms with van der Waals surface area (Å²) in [4.78, 5) is 17.9. The number of esters is 1. The zero-order valence-electron chi connectivity index (χ0n) is 37.4. The summed E-state index contributed by atoms with van der Waals surface area (Å²) >= 11 is 0. The normalized spacial score (nSPS) is 11.5. The molecule has 0 N–H and O–H groups in total. The summed E-state index contributed by atoms with van der Waals surface area (Å²) in [5.74, 6) is 0.0683.